The molecule has 3 N–H and O–H groups in total. The minimum atomic E-state index is 0.478. The number of likely N-dealkylation sites (tertiary alicyclic amines) is 2. The molecule has 0 atom stereocenters. The Hall–Kier alpha value is -1.40. The van der Waals surface area contributed by atoms with Crippen molar-refractivity contribution in [2.24, 2.45) is 5.73 Å². The zero-order chi connectivity index (χ0) is 27.5. The Kier molecular flexibility index (Phi) is 12.6. The van der Waals surface area contributed by atoms with Crippen molar-refractivity contribution in [1.82, 2.24) is 9.80 Å². The van der Waals surface area contributed by atoms with Crippen molar-refractivity contribution in [2.75, 3.05) is 45.6 Å². The number of hydrogen-bond donors (Lipinski definition) is 2. The first-order chi connectivity index (χ1) is 19.0. The van der Waals surface area contributed by atoms with Crippen LogP contribution in [0.4, 0.5) is 5.69 Å². The molecule has 2 aromatic rings. The van der Waals surface area contributed by atoms with Crippen LogP contribution < -0.4 is 11.1 Å². The maximum absolute atomic E-state index is 5.67. The first-order valence-electron chi connectivity index (χ1n) is 15.7. The van der Waals surface area contributed by atoms with Crippen LogP contribution in [0.25, 0.3) is 0 Å². The summed E-state index contributed by atoms with van der Waals surface area (Å²) in [5, 5.41) is 3.74. The van der Waals surface area contributed by atoms with Gasteiger partial charge in [0.1, 0.15) is 0 Å². The van der Waals surface area contributed by atoms with Gasteiger partial charge < -0.3 is 20.9 Å². The van der Waals surface area contributed by atoms with Gasteiger partial charge in [-0.05, 0) is 139 Å². The fourth-order valence-electron chi connectivity index (χ4n) is 6.58. The van der Waals surface area contributed by atoms with Gasteiger partial charge in [0.25, 0.3) is 0 Å². The summed E-state index contributed by atoms with van der Waals surface area (Å²) in [6.45, 7) is 4.81. The SMILES string of the molecule is Brc1cccc(C2CCCC2)c1.CN1CCC(N)CC1.CN1CCC(Nc2cccc(C3CCCC3)c2)CC1. The topological polar surface area (TPSA) is 44.5 Å². The van der Waals surface area contributed by atoms with E-state index in [2.05, 4.69) is 93.7 Å². The zero-order valence-corrected chi connectivity index (χ0v) is 26.2. The van der Waals surface area contributed by atoms with Crippen LogP contribution in [-0.2, 0) is 0 Å². The maximum Gasteiger partial charge on any atom is 0.0345 e. The van der Waals surface area contributed by atoms with Gasteiger partial charge in [-0.15, -0.1) is 0 Å². The molecule has 0 amide bonds. The van der Waals surface area contributed by atoms with Gasteiger partial charge in [-0.1, -0.05) is 65.9 Å². The molecule has 2 aliphatic carbocycles. The van der Waals surface area contributed by atoms with Crippen LogP contribution in [0.5, 0.6) is 0 Å². The molecule has 0 bridgehead atoms. The van der Waals surface area contributed by atoms with Crippen LogP contribution in [0.3, 0.4) is 0 Å². The molecule has 2 saturated carbocycles. The van der Waals surface area contributed by atoms with Crippen molar-refractivity contribution in [3.05, 3.63) is 64.1 Å². The molecule has 5 heteroatoms. The molecule has 39 heavy (non-hydrogen) atoms. The van der Waals surface area contributed by atoms with Gasteiger partial charge in [0.15, 0.2) is 0 Å². The average molecular weight is 598 g/mol. The van der Waals surface area contributed by atoms with Crippen LogP contribution in [-0.4, -0.2) is 62.2 Å². The zero-order valence-electron chi connectivity index (χ0n) is 24.6. The average Bonchev–Trinajstić information content (AvgIpc) is 3.68. The number of anilines is 1. The van der Waals surface area contributed by atoms with E-state index in [0.29, 0.717) is 12.1 Å². The van der Waals surface area contributed by atoms with E-state index < -0.39 is 0 Å². The van der Waals surface area contributed by atoms with E-state index in [1.54, 1.807) is 5.56 Å². The number of piperidine rings is 2. The molecule has 6 rings (SSSR count). The van der Waals surface area contributed by atoms with E-state index in [1.807, 2.05) is 0 Å². The summed E-state index contributed by atoms with van der Waals surface area (Å²) in [6.07, 6.45) is 16.1. The third kappa shape index (κ3) is 10.5. The predicted octanol–water partition coefficient (Wildman–Crippen LogP) is 8.00. The van der Waals surface area contributed by atoms with Crippen LogP contribution in [0.1, 0.15) is 100 Å². The van der Waals surface area contributed by atoms with Crippen LogP contribution in [0, 0.1) is 0 Å². The van der Waals surface area contributed by atoms with Crippen LogP contribution >= 0.6 is 15.9 Å². The van der Waals surface area contributed by atoms with Crippen molar-refractivity contribution in [3.63, 3.8) is 0 Å². The van der Waals surface area contributed by atoms with Crippen molar-refractivity contribution in [1.29, 1.82) is 0 Å². The van der Waals surface area contributed by atoms with Crippen molar-refractivity contribution in [3.8, 4) is 0 Å². The van der Waals surface area contributed by atoms with E-state index in [9.17, 15) is 0 Å². The van der Waals surface area contributed by atoms with Gasteiger partial charge in [-0.25, -0.2) is 0 Å². The quantitative estimate of drug-likeness (QED) is 0.375. The molecule has 0 aromatic heterocycles. The molecular weight excluding hydrogens is 544 g/mol. The van der Waals surface area contributed by atoms with Gasteiger partial charge in [0.2, 0.25) is 0 Å². The predicted molar refractivity (Wildman–Crippen MR) is 172 cm³/mol. The summed E-state index contributed by atoms with van der Waals surface area (Å²) in [7, 11) is 4.36. The second-order valence-electron chi connectivity index (χ2n) is 12.5. The lowest BCUT2D eigenvalue weighted by molar-refractivity contribution is 0.256. The lowest BCUT2D eigenvalue weighted by Crippen LogP contribution is -2.37. The second kappa shape index (κ2) is 16.1. The molecule has 2 heterocycles. The fraction of sp³-hybridized carbons (Fsp3) is 0.647. The highest BCUT2D eigenvalue weighted by atomic mass is 79.9. The lowest BCUT2D eigenvalue weighted by Gasteiger charge is -2.30. The summed E-state index contributed by atoms with van der Waals surface area (Å²) in [5.74, 6) is 1.65. The molecule has 4 fully saturated rings. The molecule has 0 spiro atoms. The third-order valence-corrected chi connectivity index (χ3v) is 9.73. The van der Waals surface area contributed by atoms with E-state index in [4.69, 9.17) is 5.73 Å². The van der Waals surface area contributed by atoms with Crippen molar-refractivity contribution in [2.45, 2.75) is 101 Å². The molecule has 0 unspecified atom stereocenters. The Morgan fingerprint density at radius 3 is 1.67 bits per heavy atom. The highest BCUT2D eigenvalue weighted by Gasteiger charge is 2.19. The van der Waals surface area contributed by atoms with Crippen LogP contribution in [0.15, 0.2) is 53.0 Å². The minimum Gasteiger partial charge on any atom is -0.382 e. The Bertz CT molecular complexity index is 943. The van der Waals surface area contributed by atoms with Gasteiger partial charge in [-0.2, -0.15) is 0 Å². The number of rotatable bonds is 4. The smallest absolute Gasteiger partial charge is 0.0345 e. The number of nitrogens with one attached hydrogen (secondary N) is 1. The Morgan fingerprint density at radius 1 is 0.667 bits per heavy atom. The summed E-state index contributed by atoms with van der Waals surface area (Å²) >= 11 is 3.51. The standard InChI is InChI=1S/C17H26N2.C11H13Br.C6H14N2/c1-19-11-9-16(10-12-19)18-17-8-4-7-15(13-17)14-5-2-3-6-14;12-11-7-3-6-10(8-11)9-4-1-2-5-9;1-8-4-2-6(7)3-5-8/h4,7-8,13-14,16,18H,2-3,5-6,9-12H2,1H3;3,6-9H,1-2,4-5H2;6H,2-5,7H2,1H3. The van der Waals surface area contributed by atoms with Crippen molar-refractivity contribution < 1.29 is 0 Å². The second-order valence-corrected chi connectivity index (χ2v) is 13.4. The first-order valence-corrected chi connectivity index (χ1v) is 16.5. The summed E-state index contributed by atoms with van der Waals surface area (Å²) in [4.78, 5) is 4.75. The van der Waals surface area contributed by atoms with Gasteiger partial charge in [0, 0.05) is 22.2 Å². The number of nitrogens with two attached hydrogens (primary N) is 1. The van der Waals surface area contributed by atoms with E-state index in [1.165, 1.54) is 119 Å². The normalized spacial score (nSPS) is 22.2. The van der Waals surface area contributed by atoms with E-state index in [-0.39, 0.29) is 0 Å². The summed E-state index contributed by atoms with van der Waals surface area (Å²) in [6, 6.07) is 19.1. The lowest BCUT2D eigenvalue weighted by atomic mass is 9.97. The molecule has 2 aliphatic heterocycles. The number of halogens is 1. The summed E-state index contributed by atoms with van der Waals surface area (Å²) in [5.41, 5.74) is 10.1. The van der Waals surface area contributed by atoms with Crippen LogP contribution in [0.2, 0.25) is 0 Å². The minimum absolute atomic E-state index is 0.478. The number of benzene rings is 2. The van der Waals surface area contributed by atoms with E-state index >= 15 is 0 Å². The Balaban J connectivity index is 0.000000150. The van der Waals surface area contributed by atoms with Gasteiger partial charge >= 0.3 is 0 Å². The summed E-state index contributed by atoms with van der Waals surface area (Å²) < 4.78 is 1.21. The molecule has 0 radical (unpaired) electrons. The van der Waals surface area contributed by atoms with Crippen molar-refractivity contribution >= 4 is 21.6 Å². The molecule has 2 saturated heterocycles. The maximum atomic E-state index is 5.67. The fourth-order valence-corrected chi connectivity index (χ4v) is 7.00. The first kappa shape index (κ1) is 30.6. The Morgan fingerprint density at radius 2 is 1.15 bits per heavy atom. The van der Waals surface area contributed by atoms with Gasteiger partial charge in [-0.3, -0.25) is 0 Å². The highest BCUT2D eigenvalue weighted by Crippen LogP contribution is 2.36. The monoisotopic (exact) mass is 596 g/mol. The largest absolute Gasteiger partial charge is 0.382 e. The highest BCUT2D eigenvalue weighted by molar-refractivity contribution is 9.10. The van der Waals surface area contributed by atoms with Gasteiger partial charge in [0.05, 0.1) is 0 Å². The van der Waals surface area contributed by atoms with E-state index in [0.717, 1.165) is 11.8 Å². The Labute approximate surface area is 247 Å². The molecule has 4 aliphatic rings. The molecular formula is C34H53BrN4. The number of nitrogens with zero attached hydrogens (tertiary/aromatic N) is 2. The number of hydrogen-bond acceptors (Lipinski definition) is 4. The molecule has 4 nitrogen and oxygen atoms in total. The third-order valence-electron chi connectivity index (χ3n) is 9.24. The molecule has 2 aromatic carbocycles. The molecule has 216 valence electrons.